The van der Waals surface area contributed by atoms with E-state index in [0.717, 1.165) is 25.9 Å². The molecule has 0 spiro atoms. The minimum absolute atomic E-state index is 0. The lowest BCUT2D eigenvalue weighted by molar-refractivity contribution is -0.126. The van der Waals surface area contributed by atoms with E-state index in [4.69, 9.17) is 0 Å². The van der Waals surface area contributed by atoms with E-state index in [1.165, 1.54) is 0 Å². The van der Waals surface area contributed by atoms with Crippen LogP contribution in [-0.4, -0.2) is 49.4 Å². The van der Waals surface area contributed by atoms with Crippen molar-refractivity contribution in [1.82, 2.24) is 15.5 Å². The van der Waals surface area contributed by atoms with E-state index < -0.39 is 0 Å². The lowest BCUT2D eigenvalue weighted by Gasteiger charge is -2.23. The molecule has 5 nitrogen and oxygen atoms in total. The Bertz CT molecular complexity index is 292. The Hall–Kier alpha value is -0.810. The van der Waals surface area contributed by atoms with Crippen molar-refractivity contribution >= 4 is 24.2 Å². The minimum Gasteiger partial charge on any atom is -0.351 e. The summed E-state index contributed by atoms with van der Waals surface area (Å²) in [5.41, 5.74) is 0. The number of amides is 2. The molecule has 0 aromatic rings. The molecule has 0 aliphatic carbocycles. The number of hydrogen-bond acceptors (Lipinski definition) is 3. The zero-order valence-corrected chi connectivity index (χ0v) is 10.9. The number of carbonyl (C=O) groups excluding carboxylic acids is 2. The molecule has 0 aromatic carbocycles. The van der Waals surface area contributed by atoms with Crippen LogP contribution in [0.2, 0.25) is 0 Å². The Morgan fingerprint density at radius 3 is 2.59 bits per heavy atom. The van der Waals surface area contributed by atoms with Gasteiger partial charge in [0.1, 0.15) is 0 Å². The van der Waals surface area contributed by atoms with Crippen LogP contribution >= 0.6 is 12.4 Å². The van der Waals surface area contributed by atoms with Gasteiger partial charge in [0.15, 0.2) is 0 Å². The molecule has 0 saturated carbocycles. The highest BCUT2D eigenvalue weighted by molar-refractivity contribution is 5.85. The Morgan fingerprint density at radius 1 is 1.41 bits per heavy atom. The summed E-state index contributed by atoms with van der Waals surface area (Å²) in [7, 11) is 1.78. The van der Waals surface area contributed by atoms with Gasteiger partial charge in [0.25, 0.3) is 0 Å². The topological polar surface area (TPSA) is 61.4 Å². The van der Waals surface area contributed by atoms with Crippen LogP contribution in [0, 0.1) is 5.92 Å². The number of piperidine rings is 1. The van der Waals surface area contributed by atoms with Gasteiger partial charge in [-0.05, 0) is 25.9 Å². The van der Waals surface area contributed by atoms with Crippen molar-refractivity contribution in [3.8, 4) is 0 Å². The highest BCUT2D eigenvalue weighted by Crippen LogP contribution is 2.14. The quantitative estimate of drug-likeness (QED) is 0.721. The molecule has 6 heteroatoms. The summed E-state index contributed by atoms with van der Waals surface area (Å²) in [5.74, 6) is 0.368. The molecule has 1 unspecified atom stereocenters. The molecule has 2 aliphatic rings. The van der Waals surface area contributed by atoms with Crippen molar-refractivity contribution in [2.75, 3.05) is 26.7 Å². The summed E-state index contributed by atoms with van der Waals surface area (Å²) in [4.78, 5) is 24.9. The first-order chi connectivity index (χ1) is 7.66. The summed E-state index contributed by atoms with van der Waals surface area (Å²) >= 11 is 0. The molecular formula is C11H20ClN3O2. The Labute approximate surface area is 108 Å². The molecule has 2 amide bonds. The molecule has 2 aliphatic heterocycles. The van der Waals surface area contributed by atoms with Gasteiger partial charge in [0, 0.05) is 25.9 Å². The first-order valence-electron chi connectivity index (χ1n) is 5.92. The second-order valence-electron chi connectivity index (χ2n) is 4.71. The largest absolute Gasteiger partial charge is 0.351 e. The zero-order chi connectivity index (χ0) is 11.5. The normalized spacial score (nSPS) is 25.6. The van der Waals surface area contributed by atoms with Crippen molar-refractivity contribution in [2.24, 2.45) is 5.92 Å². The molecular weight excluding hydrogens is 242 g/mol. The van der Waals surface area contributed by atoms with Crippen molar-refractivity contribution in [3.63, 3.8) is 0 Å². The van der Waals surface area contributed by atoms with Crippen LogP contribution in [0.5, 0.6) is 0 Å². The van der Waals surface area contributed by atoms with Gasteiger partial charge in [-0.1, -0.05) is 0 Å². The smallest absolute Gasteiger partial charge is 0.224 e. The highest BCUT2D eigenvalue weighted by Gasteiger charge is 2.30. The summed E-state index contributed by atoms with van der Waals surface area (Å²) in [5, 5.41) is 6.22. The first-order valence-corrected chi connectivity index (χ1v) is 5.92. The minimum atomic E-state index is 0. The van der Waals surface area contributed by atoms with E-state index in [9.17, 15) is 9.59 Å². The predicted molar refractivity (Wildman–Crippen MR) is 67.0 cm³/mol. The predicted octanol–water partition coefficient (Wildman–Crippen LogP) is -0.245. The van der Waals surface area contributed by atoms with Crippen molar-refractivity contribution in [3.05, 3.63) is 0 Å². The van der Waals surface area contributed by atoms with Gasteiger partial charge in [-0.2, -0.15) is 0 Å². The molecule has 2 rings (SSSR count). The fourth-order valence-corrected chi connectivity index (χ4v) is 2.36. The fraction of sp³-hybridized carbons (Fsp3) is 0.818. The molecule has 17 heavy (non-hydrogen) atoms. The maximum Gasteiger partial charge on any atom is 0.224 e. The SMILES string of the molecule is CN1CC(NC(=O)C2CCNCC2)CC1=O.Cl. The third-order valence-electron chi connectivity index (χ3n) is 3.40. The monoisotopic (exact) mass is 261 g/mol. The van der Waals surface area contributed by atoms with E-state index >= 15 is 0 Å². The summed E-state index contributed by atoms with van der Waals surface area (Å²) in [6, 6.07) is 0.0138. The maximum atomic E-state index is 11.9. The van der Waals surface area contributed by atoms with Crippen molar-refractivity contribution < 1.29 is 9.59 Å². The van der Waals surface area contributed by atoms with Crippen LogP contribution in [0.15, 0.2) is 0 Å². The number of hydrogen-bond donors (Lipinski definition) is 2. The van der Waals surface area contributed by atoms with Gasteiger partial charge >= 0.3 is 0 Å². The standard InChI is InChI=1S/C11H19N3O2.ClH/c1-14-7-9(6-10(14)15)13-11(16)8-2-4-12-5-3-8;/h8-9,12H,2-7H2,1H3,(H,13,16);1H. The number of likely N-dealkylation sites (N-methyl/N-ethyl adjacent to an activating group) is 1. The molecule has 2 heterocycles. The molecule has 1 atom stereocenters. The Kier molecular flexibility index (Phi) is 5.21. The number of rotatable bonds is 2. The molecule has 2 saturated heterocycles. The first kappa shape index (κ1) is 14.3. The van der Waals surface area contributed by atoms with Crippen molar-refractivity contribution in [2.45, 2.75) is 25.3 Å². The van der Waals surface area contributed by atoms with Crippen LogP contribution in [0.25, 0.3) is 0 Å². The van der Waals surface area contributed by atoms with Crippen molar-refractivity contribution in [1.29, 1.82) is 0 Å². The highest BCUT2D eigenvalue weighted by atomic mass is 35.5. The van der Waals surface area contributed by atoms with E-state index in [-0.39, 0.29) is 36.2 Å². The molecule has 2 N–H and O–H groups in total. The second kappa shape index (κ2) is 6.21. The van der Waals surface area contributed by atoms with Crippen LogP contribution in [0.3, 0.4) is 0 Å². The lowest BCUT2D eigenvalue weighted by atomic mass is 9.97. The maximum absolute atomic E-state index is 11.9. The molecule has 2 fully saturated rings. The number of likely N-dealkylation sites (tertiary alicyclic amines) is 1. The Balaban J connectivity index is 0.00000144. The van der Waals surface area contributed by atoms with E-state index in [1.54, 1.807) is 11.9 Å². The van der Waals surface area contributed by atoms with E-state index in [2.05, 4.69) is 10.6 Å². The summed E-state index contributed by atoms with van der Waals surface area (Å²) in [6.07, 6.45) is 2.26. The fourth-order valence-electron chi connectivity index (χ4n) is 2.36. The average molecular weight is 262 g/mol. The number of nitrogens with zero attached hydrogens (tertiary/aromatic N) is 1. The number of carbonyl (C=O) groups is 2. The van der Waals surface area contributed by atoms with E-state index in [1.807, 2.05) is 0 Å². The van der Waals surface area contributed by atoms with Crippen LogP contribution in [-0.2, 0) is 9.59 Å². The molecule has 0 radical (unpaired) electrons. The van der Waals surface area contributed by atoms with Crippen LogP contribution in [0.1, 0.15) is 19.3 Å². The molecule has 0 bridgehead atoms. The summed E-state index contributed by atoms with van der Waals surface area (Å²) in [6.45, 7) is 2.48. The lowest BCUT2D eigenvalue weighted by Crippen LogP contribution is -2.43. The molecule has 98 valence electrons. The third kappa shape index (κ3) is 3.57. The number of nitrogens with one attached hydrogen (secondary N) is 2. The van der Waals surface area contributed by atoms with E-state index in [0.29, 0.717) is 13.0 Å². The second-order valence-corrected chi connectivity index (χ2v) is 4.71. The summed E-state index contributed by atoms with van der Waals surface area (Å²) < 4.78 is 0. The van der Waals surface area contributed by atoms with Gasteiger partial charge < -0.3 is 15.5 Å². The van der Waals surface area contributed by atoms with Crippen LogP contribution < -0.4 is 10.6 Å². The average Bonchev–Trinajstić information content (AvgIpc) is 2.59. The van der Waals surface area contributed by atoms with Gasteiger partial charge in [-0.3, -0.25) is 9.59 Å². The van der Waals surface area contributed by atoms with Gasteiger partial charge in [-0.15, -0.1) is 12.4 Å². The zero-order valence-electron chi connectivity index (χ0n) is 10.1. The Morgan fingerprint density at radius 2 is 2.06 bits per heavy atom. The van der Waals surface area contributed by atoms with Gasteiger partial charge in [0.05, 0.1) is 6.04 Å². The van der Waals surface area contributed by atoms with Gasteiger partial charge in [0.2, 0.25) is 11.8 Å². The third-order valence-corrected chi connectivity index (χ3v) is 3.40. The molecule has 0 aromatic heterocycles. The number of halogens is 1. The van der Waals surface area contributed by atoms with Gasteiger partial charge in [-0.25, -0.2) is 0 Å². The van der Waals surface area contributed by atoms with Crippen LogP contribution in [0.4, 0.5) is 0 Å².